The van der Waals surface area contributed by atoms with E-state index in [4.69, 9.17) is 0 Å². The summed E-state index contributed by atoms with van der Waals surface area (Å²) in [6.45, 7) is 0. The van der Waals surface area contributed by atoms with Gasteiger partial charge in [-0.3, -0.25) is 0 Å². The maximum Gasteiger partial charge on any atom is 0.326 e. The van der Waals surface area contributed by atoms with Gasteiger partial charge in [-0.05, 0) is 22.0 Å². The Morgan fingerprint density at radius 3 is 2.12 bits per heavy atom. The van der Waals surface area contributed by atoms with E-state index < -0.39 is 4.83 Å². The third kappa shape index (κ3) is 3.71. The molecule has 0 amide bonds. The van der Waals surface area contributed by atoms with E-state index in [0.29, 0.717) is 10.4 Å². The molecule has 0 N–H and O–H groups in total. The van der Waals surface area contributed by atoms with Crippen molar-refractivity contribution >= 4 is 61.0 Å². The minimum Gasteiger partial charge on any atom is -0.425 e. The van der Waals surface area contributed by atoms with E-state index in [0.717, 1.165) is 0 Å². The van der Waals surface area contributed by atoms with E-state index in [2.05, 4.69) is 56.1 Å². The van der Waals surface area contributed by atoms with Crippen LogP contribution < -0.4 is 10.4 Å². The molecule has 0 atom stereocenters. The summed E-state index contributed by atoms with van der Waals surface area (Å²) in [5.74, 6) is 0. The zero-order valence-corrected chi connectivity index (χ0v) is 12.4. The van der Waals surface area contributed by atoms with Gasteiger partial charge < -0.3 is 7.66 Å². The summed E-state index contributed by atoms with van der Waals surface area (Å²) in [7, 11) is 0. The lowest BCUT2D eigenvalue weighted by molar-refractivity contribution is 0.114. The summed E-state index contributed by atoms with van der Waals surface area (Å²) < 4.78 is 35.2. The minimum atomic E-state index is -3.07. The van der Waals surface area contributed by atoms with Crippen LogP contribution in [0.5, 0.6) is 0 Å². The van der Waals surface area contributed by atoms with Crippen LogP contribution in [0.2, 0.25) is 0 Å². The van der Waals surface area contributed by atoms with Crippen LogP contribution in [0.25, 0.3) is 12.5 Å². The fourth-order valence-corrected chi connectivity index (χ4v) is 1.71. The van der Waals surface area contributed by atoms with Crippen molar-refractivity contribution in [2.45, 2.75) is 4.83 Å². The van der Waals surface area contributed by atoms with Gasteiger partial charge in [0.2, 0.25) is 0 Å². The average molecular weight is 423 g/mol. The smallest absolute Gasteiger partial charge is 0.326 e. The van der Waals surface area contributed by atoms with Crippen molar-refractivity contribution in [3.63, 3.8) is 0 Å². The van der Waals surface area contributed by atoms with Gasteiger partial charge in [0.05, 0.1) is 0 Å². The van der Waals surface area contributed by atoms with Crippen molar-refractivity contribution in [1.29, 1.82) is 0 Å². The van der Waals surface area contributed by atoms with E-state index in [1.165, 1.54) is 30.7 Å². The first-order valence-corrected chi connectivity index (χ1v) is 6.00. The molecule has 0 aliphatic carbocycles. The summed E-state index contributed by atoms with van der Waals surface area (Å²) in [4.78, 5) is -3.07. The maximum atomic E-state index is 13.0. The van der Waals surface area contributed by atoms with Crippen LogP contribution in [-0.2, 0) is 12.5 Å². The summed E-state index contributed by atoms with van der Waals surface area (Å²) in [5.41, 5.74) is -0.171. The molecule has 0 heterocycles. The molecule has 0 spiro atoms. The first-order valence-electron chi connectivity index (χ1n) is 3.91. The molecule has 0 aliphatic rings. The molecule has 1 aromatic rings. The van der Waals surface area contributed by atoms with Crippen LogP contribution in [0.15, 0.2) is 18.2 Å². The molecule has 0 saturated heterocycles. The molecule has 0 radical (unpaired) electrons. The van der Waals surface area contributed by atoms with E-state index in [9.17, 15) is 8.78 Å². The fourth-order valence-electron chi connectivity index (χ4n) is 1.06. The monoisotopic (exact) mass is 420 g/mol. The maximum absolute atomic E-state index is 13.0. The highest BCUT2D eigenvalue weighted by Crippen LogP contribution is 2.33. The van der Waals surface area contributed by atoms with Crippen LogP contribution in [0, 0.1) is 0 Å². The largest absolute Gasteiger partial charge is 0.425 e. The predicted molar refractivity (Wildman–Crippen MR) is 67.5 cm³/mol. The van der Waals surface area contributed by atoms with Crippen molar-refractivity contribution in [2.75, 3.05) is 0 Å². The van der Waals surface area contributed by atoms with Crippen LogP contribution in [0.4, 0.5) is 8.78 Å². The third-order valence-electron chi connectivity index (χ3n) is 1.76. The van der Waals surface area contributed by atoms with Gasteiger partial charge in [-0.1, -0.05) is 12.1 Å². The van der Waals surface area contributed by atoms with Gasteiger partial charge in [0.15, 0.2) is 32.5 Å². The molecule has 88 valence electrons. The van der Waals surface area contributed by atoms with Crippen LogP contribution in [0.1, 0.15) is 5.56 Å². The number of halogens is 5. The summed E-state index contributed by atoms with van der Waals surface area (Å²) >= 11 is 7.76. The zero-order chi connectivity index (χ0) is 12.2. The van der Waals surface area contributed by atoms with E-state index in [1.807, 2.05) is 0 Å². The zero-order valence-electron chi connectivity index (χ0n) is 7.59. The molecule has 0 unspecified atom stereocenters. The lowest BCUT2D eigenvalue weighted by Gasteiger charge is -2.07. The molecular weight excluding hydrogens is 418 g/mol. The second kappa shape index (κ2) is 5.97. The number of rotatable bonds is 3. The van der Waals surface area contributed by atoms with Gasteiger partial charge >= 0.3 is 4.83 Å². The molecule has 0 saturated carbocycles. The standard InChI is InChI=1S/C9H5Br3F2O2/c10-9(13,14)8-2-1-6(4-15-11)7(3-8)5-16-12/h1-5H. The Balaban J connectivity index is 3.41. The third-order valence-corrected chi connectivity index (χ3v) is 2.59. The molecule has 16 heavy (non-hydrogen) atoms. The molecule has 1 rings (SSSR count). The van der Waals surface area contributed by atoms with E-state index in [1.54, 1.807) is 0 Å². The number of benzene rings is 1. The van der Waals surface area contributed by atoms with Gasteiger partial charge in [0, 0.05) is 16.0 Å². The summed E-state index contributed by atoms with van der Waals surface area (Å²) in [6.07, 6.45) is 2.63. The lowest BCUT2D eigenvalue weighted by atomic mass is 10.2. The molecule has 0 aromatic heterocycles. The molecule has 1 aromatic carbocycles. The van der Waals surface area contributed by atoms with Crippen molar-refractivity contribution in [1.82, 2.24) is 0 Å². The Labute approximate surface area is 116 Å². The van der Waals surface area contributed by atoms with Crippen LogP contribution in [0.3, 0.4) is 0 Å². The molecule has 0 fully saturated rings. The van der Waals surface area contributed by atoms with Crippen molar-refractivity contribution < 1.29 is 16.4 Å². The second-order valence-electron chi connectivity index (χ2n) is 2.76. The molecule has 0 bridgehead atoms. The highest BCUT2D eigenvalue weighted by Gasteiger charge is 2.26. The van der Waals surface area contributed by atoms with Gasteiger partial charge in [-0.15, -0.1) is 0 Å². The highest BCUT2D eigenvalue weighted by atomic mass is 79.9. The summed E-state index contributed by atoms with van der Waals surface area (Å²) in [6, 6.07) is 4.07. The Morgan fingerprint density at radius 1 is 1.06 bits per heavy atom. The van der Waals surface area contributed by atoms with Crippen molar-refractivity contribution in [3.8, 4) is 0 Å². The first-order chi connectivity index (χ1) is 7.49. The Bertz CT molecular complexity index is 471. The highest BCUT2D eigenvalue weighted by molar-refractivity contribution is 9.09. The fraction of sp³-hybridized carbons (Fsp3) is 0.111. The van der Waals surface area contributed by atoms with E-state index >= 15 is 0 Å². The average Bonchev–Trinajstić information content (AvgIpc) is 2.19. The van der Waals surface area contributed by atoms with Crippen LogP contribution >= 0.6 is 48.4 Å². The number of hydrogen-bond donors (Lipinski definition) is 0. The molecule has 2 nitrogen and oxygen atoms in total. The van der Waals surface area contributed by atoms with E-state index in [-0.39, 0.29) is 5.56 Å². The lowest BCUT2D eigenvalue weighted by Crippen LogP contribution is -2.26. The topological polar surface area (TPSA) is 18.5 Å². The van der Waals surface area contributed by atoms with Gasteiger partial charge in [-0.25, -0.2) is 0 Å². The Hall–Kier alpha value is -0.140. The minimum absolute atomic E-state index is 0.171. The molecule has 7 heteroatoms. The van der Waals surface area contributed by atoms with Gasteiger partial charge in [-0.2, -0.15) is 8.78 Å². The molecule has 0 aliphatic heterocycles. The summed E-state index contributed by atoms with van der Waals surface area (Å²) in [5, 5.41) is 1.05. The molecular formula is C9H5Br3F2O2. The van der Waals surface area contributed by atoms with Gasteiger partial charge in [0.1, 0.15) is 12.5 Å². The quantitative estimate of drug-likeness (QED) is 0.696. The van der Waals surface area contributed by atoms with Crippen molar-refractivity contribution in [2.24, 2.45) is 0 Å². The Kier molecular flexibility index (Phi) is 5.20. The van der Waals surface area contributed by atoms with Gasteiger partial charge in [0.25, 0.3) is 0 Å². The van der Waals surface area contributed by atoms with Crippen LogP contribution in [-0.4, -0.2) is 0 Å². The van der Waals surface area contributed by atoms with Crippen molar-refractivity contribution in [3.05, 3.63) is 34.2 Å². The Morgan fingerprint density at radius 2 is 1.62 bits per heavy atom. The SMILES string of the molecule is FC(F)(Br)c1ccc(=COBr)c(=COBr)c1. The predicted octanol–water partition coefficient (Wildman–Crippen LogP) is 3.26. The normalized spacial score (nSPS) is 14.1. The number of alkyl halides is 3. The second-order valence-corrected chi connectivity index (χ2v) is 4.50. The first kappa shape index (κ1) is 13.9. The number of hydrogen-bond acceptors (Lipinski definition) is 2.